The molecule has 0 bridgehead atoms. The van der Waals surface area contributed by atoms with Crippen molar-refractivity contribution in [1.29, 1.82) is 0 Å². The summed E-state index contributed by atoms with van der Waals surface area (Å²) in [6, 6.07) is 1.46. The van der Waals surface area contributed by atoms with Crippen LogP contribution in [0.15, 0.2) is 18.2 Å². The third-order valence-corrected chi connectivity index (χ3v) is 3.93. The predicted octanol–water partition coefficient (Wildman–Crippen LogP) is 2.71. The molecule has 9 heteroatoms. The lowest BCUT2D eigenvalue weighted by molar-refractivity contribution is 0.0533. The molecule has 0 fully saturated rings. The Kier molecular flexibility index (Phi) is 6.17. The Morgan fingerprint density at radius 2 is 2.04 bits per heavy atom. The lowest BCUT2D eigenvalue weighted by Gasteiger charge is -2.19. The number of rotatable bonds is 6. The van der Waals surface area contributed by atoms with E-state index in [2.05, 4.69) is 10.3 Å². The van der Waals surface area contributed by atoms with E-state index in [0.717, 1.165) is 0 Å². The van der Waals surface area contributed by atoms with Gasteiger partial charge in [0.15, 0.2) is 0 Å². The van der Waals surface area contributed by atoms with Crippen molar-refractivity contribution in [3.8, 4) is 5.75 Å². The average Bonchev–Trinajstić information content (AvgIpc) is 2.90. The molecule has 2 rings (SSSR count). The van der Waals surface area contributed by atoms with Gasteiger partial charge in [-0.15, -0.1) is 0 Å². The Balaban J connectivity index is 2.19. The fourth-order valence-electron chi connectivity index (χ4n) is 2.70. The summed E-state index contributed by atoms with van der Waals surface area (Å²) in [5.74, 6) is -0.440. The molecule has 0 atom stereocenters. The molecule has 1 aromatic heterocycles. The van der Waals surface area contributed by atoms with Crippen LogP contribution in [0.2, 0.25) is 0 Å². The third kappa shape index (κ3) is 4.73. The molecule has 0 aliphatic heterocycles. The summed E-state index contributed by atoms with van der Waals surface area (Å²) in [6.45, 7) is 7.73. The number of amides is 1. The Morgan fingerprint density at radius 1 is 1.36 bits per heavy atom. The summed E-state index contributed by atoms with van der Waals surface area (Å²) in [5, 5.41) is 12.0. The Labute approximate surface area is 163 Å². The number of carboxylic acid groups (broad SMARTS) is 1. The van der Waals surface area contributed by atoms with Crippen LogP contribution in [0.1, 0.15) is 36.7 Å². The number of fused-ring (bicyclic) bond motifs is 1. The van der Waals surface area contributed by atoms with Crippen LogP contribution < -0.4 is 15.8 Å². The number of allylic oxidation sites excluding steroid dienone is 1. The first-order valence-corrected chi connectivity index (χ1v) is 8.73. The quantitative estimate of drug-likeness (QED) is 0.647. The molecule has 0 saturated carbocycles. The number of aromatic nitrogens is 2. The number of nitrogens with one attached hydrogen (secondary N) is 1. The number of ether oxygens (including phenoxy) is 2. The second-order valence-electron chi connectivity index (χ2n) is 7.19. The molecule has 1 heterocycles. The number of methoxy groups -OCH3 is 1. The third-order valence-electron chi connectivity index (χ3n) is 3.93. The summed E-state index contributed by atoms with van der Waals surface area (Å²) < 4.78 is 12.2. The van der Waals surface area contributed by atoms with Gasteiger partial charge in [0.1, 0.15) is 16.9 Å². The number of carboxylic acids is 1. The Hall–Kier alpha value is -3.23. The maximum Gasteiger partial charge on any atom is 0.407 e. The number of alkyl carbamates (subject to hydrolysis) is 1. The molecular formula is C19H26N4O5. The normalized spacial score (nSPS) is 11.8. The number of aromatic carboxylic acids is 1. The van der Waals surface area contributed by atoms with Gasteiger partial charge in [0.05, 0.1) is 18.2 Å². The summed E-state index contributed by atoms with van der Waals surface area (Å²) in [7, 11) is 1.46. The fourth-order valence-corrected chi connectivity index (χ4v) is 2.70. The predicted molar refractivity (Wildman–Crippen MR) is 106 cm³/mol. The minimum Gasteiger partial charge on any atom is -0.494 e. The van der Waals surface area contributed by atoms with Crippen LogP contribution >= 0.6 is 0 Å². The highest BCUT2D eigenvalue weighted by Gasteiger charge is 2.20. The van der Waals surface area contributed by atoms with Crippen LogP contribution in [0.25, 0.3) is 11.0 Å². The number of nitrogen functional groups attached to an aromatic ring is 1. The van der Waals surface area contributed by atoms with Crippen LogP contribution in [0.4, 0.5) is 10.7 Å². The van der Waals surface area contributed by atoms with Crippen molar-refractivity contribution < 1.29 is 24.2 Å². The van der Waals surface area contributed by atoms with Gasteiger partial charge in [0.25, 0.3) is 0 Å². The number of nitrogens with zero attached hydrogens (tertiary/aromatic N) is 2. The standard InChI is InChI=1S/C19H26N4O5/c1-11-12(16(24)25)10-13(27-5)15-14(11)22-17(20)23(15)9-7-6-8-21-18(26)28-19(2,3)4/h6-7,10H,8-9H2,1-5H3,(H2,20,22)(H,21,26)(H,24,25). The highest BCUT2D eigenvalue weighted by Crippen LogP contribution is 2.32. The van der Waals surface area contributed by atoms with E-state index in [1.165, 1.54) is 13.2 Å². The van der Waals surface area contributed by atoms with Gasteiger partial charge in [-0.25, -0.2) is 14.6 Å². The number of anilines is 1. The SMILES string of the molecule is COc1cc(C(=O)O)c(C)c2nc(N)n(CC=CCNC(=O)OC(C)(C)C)c12. The Bertz CT molecular complexity index is 925. The largest absolute Gasteiger partial charge is 0.494 e. The fraction of sp³-hybridized carbons (Fsp3) is 0.421. The number of carbonyl (C=O) groups excluding carboxylic acids is 1. The minimum absolute atomic E-state index is 0.117. The number of benzene rings is 1. The molecule has 0 spiro atoms. The summed E-state index contributed by atoms with van der Waals surface area (Å²) in [4.78, 5) is 27.4. The number of hydrogen-bond acceptors (Lipinski definition) is 6. The van der Waals surface area contributed by atoms with E-state index in [0.29, 0.717) is 35.4 Å². The highest BCUT2D eigenvalue weighted by molar-refractivity contribution is 5.99. The van der Waals surface area contributed by atoms with Gasteiger partial charge in [-0.2, -0.15) is 0 Å². The van der Waals surface area contributed by atoms with Gasteiger partial charge in [0, 0.05) is 13.1 Å². The first-order chi connectivity index (χ1) is 13.0. The maximum atomic E-state index is 11.6. The van der Waals surface area contributed by atoms with Crippen LogP contribution in [-0.4, -0.2) is 46.0 Å². The van der Waals surface area contributed by atoms with E-state index in [-0.39, 0.29) is 11.5 Å². The molecule has 1 aromatic carbocycles. The first kappa shape index (κ1) is 21.1. The van der Waals surface area contributed by atoms with Crippen LogP contribution in [0.5, 0.6) is 5.75 Å². The van der Waals surface area contributed by atoms with Crippen molar-refractivity contribution in [3.63, 3.8) is 0 Å². The molecule has 28 heavy (non-hydrogen) atoms. The monoisotopic (exact) mass is 390 g/mol. The highest BCUT2D eigenvalue weighted by atomic mass is 16.6. The zero-order valence-corrected chi connectivity index (χ0v) is 16.7. The van der Waals surface area contributed by atoms with E-state index in [1.54, 1.807) is 38.3 Å². The Morgan fingerprint density at radius 3 is 2.61 bits per heavy atom. The van der Waals surface area contributed by atoms with Crippen LogP contribution in [0, 0.1) is 6.92 Å². The number of hydrogen-bond donors (Lipinski definition) is 3. The van der Waals surface area contributed by atoms with Crippen molar-refractivity contribution in [1.82, 2.24) is 14.9 Å². The zero-order valence-electron chi connectivity index (χ0n) is 16.7. The molecule has 0 unspecified atom stereocenters. The van der Waals surface area contributed by atoms with Gasteiger partial charge in [-0.3, -0.25) is 0 Å². The summed E-state index contributed by atoms with van der Waals surface area (Å²) >= 11 is 0. The van der Waals surface area contributed by atoms with Gasteiger partial charge >= 0.3 is 12.1 Å². The summed E-state index contributed by atoms with van der Waals surface area (Å²) in [5.41, 5.74) is 7.21. The van der Waals surface area contributed by atoms with Crippen molar-refractivity contribution in [2.45, 2.75) is 39.8 Å². The lowest BCUT2D eigenvalue weighted by atomic mass is 10.1. The number of carbonyl (C=O) groups is 2. The van der Waals surface area contributed by atoms with Gasteiger partial charge in [-0.1, -0.05) is 12.2 Å². The van der Waals surface area contributed by atoms with E-state index >= 15 is 0 Å². The van der Waals surface area contributed by atoms with Gasteiger partial charge in [0.2, 0.25) is 5.95 Å². The van der Waals surface area contributed by atoms with E-state index in [1.807, 2.05) is 6.08 Å². The number of nitrogens with two attached hydrogens (primary N) is 1. The van der Waals surface area contributed by atoms with Crippen LogP contribution in [-0.2, 0) is 11.3 Å². The molecular weight excluding hydrogens is 364 g/mol. The molecule has 0 aliphatic rings. The second kappa shape index (κ2) is 8.20. The van der Waals surface area contributed by atoms with E-state index < -0.39 is 17.7 Å². The van der Waals surface area contributed by atoms with Crippen molar-refractivity contribution in [3.05, 3.63) is 29.3 Å². The molecule has 4 N–H and O–H groups in total. The van der Waals surface area contributed by atoms with Gasteiger partial charge in [-0.05, 0) is 39.3 Å². The first-order valence-electron chi connectivity index (χ1n) is 8.73. The topological polar surface area (TPSA) is 129 Å². The molecule has 1 amide bonds. The molecule has 2 aromatic rings. The van der Waals surface area contributed by atoms with Crippen molar-refractivity contribution in [2.24, 2.45) is 0 Å². The number of imidazole rings is 1. The maximum absolute atomic E-state index is 11.6. The smallest absolute Gasteiger partial charge is 0.407 e. The van der Waals surface area contributed by atoms with Crippen molar-refractivity contribution >= 4 is 29.0 Å². The lowest BCUT2D eigenvalue weighted by Crippen LogP contribution is -2.32. The van der Waals surface area contributed by atoms with Crippen molar-refractivity contribution in [2.75, 3.05) is 19.4 Å². The molecule has 0 saturated heterocycles. The number of aryl methyl sites for hydroxylation is 1. The van der Waals surface area contributed by atoms with Crippen LogP contribution in [0.3, 0.4) is 0 Å². The molecule has 9 nitrogen and oxygen atoms in total. The molecule has 0 radical (unpaired) electrons. The molecule has 0 aliphatic carbocycles. The van der Waals surface area contributed by atoms with E-state index in [4.69, 9.17) is 15.2 Å². The minimum atomic E-state index is -1.06. The molecule has 152 valence electrons. The average molecular weight is 390 g/mol. The van der Waals surface area contributed by atoms with E-state index in [9.17, 15) is 14.7 Å². The van der Waals surface area contributed by atoms with Gasteiger partial charge < -0.3 is 30.2 Å². The second-order valence-corrected chi connectivity index (χ2v) is 7.19. The summed E-state index contributed by atoms with van der Waals surface area (Å²) in [6.07, 6.45) is 3.08. The zero-order chi connectivity index (χ0) is 21.1.